The highest BCUT2D eigenvalue weighted by atomic mass is 16.5. The van der Waals surface area contributed by atoms with Crippen LogP contribution < -0.4 is 10.2 Å². The maximum absolute atomic E-state index is 5.26. The zero-order chi connectivity index (χ0) is 15.2. The summed E-state index contributed by atoms with van der Waals surface area (Å²) in [6.07, 6.45) is 3.58. The van der Waals surface area contributed by atoms with Crippen molar-refractivity contribution in [3.8, 4) is 0 Å². The van der Waals surface area contributed by atoms with Crippen LogP contribution >= 0.6 is 0 Å². The van der Waals surface area contributed by atoms with Gasteiger partial charge < -0.3 is 15.0 Å². The van der Waals surface area contributed by atoms with Crippen LogP contribution in [0, 0.1) is 6.92 Å². The molecule has 0 bridgehead atoms. The van der Waals surface area contributed by atoms with Crippen molar-refractivity contribution in [3.63, 3.8) is 0 Å². The van der Waals surface area contributed by atoms with Gasteiger partial charge in [-0.3, -0.25) is 4.98 Å². The first-order chi connectivity index (χ1) is 10.1. The van der Waals surface area contributed by atoms with Crippen molar-refractivity contribution in [1.82, 2.24) is 15.0 Å². The lowest BCUT2D eigenvalue weighted by Gasteiger charge is -2.19. The topological polar surface area (TPSA) is 63.2 Å². The number of aryl methyl sites for hydroxylation is 1. The van der Waals surface area contributed by atoms with Crippen LogP contribution in [0.2, 0.25) is 0 Å². The van der Waals surface area contributed by atoms with E-state index in [4.69, 9.17) is 4.74 Å². The van der Waals surface area contributed by atoms with Crippen LogP contribution in [0.4, 0.5) is 11.8 Å². The van der Waals surface area contributed by atoms with E-state index in [1.165, 1.54) is 0 Å². The number of rotatable bonds is 6. The molecule has 6 nitrogen and oxygen atoms in total. The molecule has 0 aromatic carbocycles. The fraction of sp³-hybridized carbons (Fsp3) is 0.400. The zero-order valence-corrected chi connectivity index (χ0v) is 12.9. The number of ether oxygens (including phenoxy) is 1. The number of nitrogens with zero attached hydrogens (tertiary/aromatic N) is 4. The summed E-state index contributed by atoms with van der Waals surface area (Å²) in [6, 6.07) is 5.71. The zero-order valence-electron chi connectivity index (χ0n) is 12.9. The molecule has 2 aromatic rings. The monoisotopic (exact) mass is 287 g/mol. The molecule has 0 spiro atoms. The van der Waals surface area contributed by atoms with Crippen molar-refractivity contribution in [3.05, 3.63) is 41.9 Å². The van der Waals surface area contributed by atoms with Crippen molar-refractivity contribution in [1.29, 1.82) is 0 Å². The largest absolute Gasteiger partial charge is 0.382 e. The average Bonchev–Trinajstić information content (AvgIpc) is 2.49. The predicted molar refractivity (Wildman–Crippen MR) is 83.6 cm³/mol. The SMILES string of the molecule is COC[C@@H](Nc1ncc(C)c(N(C)C)n1)c1ccccn1. The fourth-order valence-corrected chi connectivity index (χ4v) is 2.06. The van der Waals surface area contributed by atoms with Crippen molar-refractivity contribution in [2.45, 2.75) is 13.0 Å². The molecule has 0 aliphatic carbocycles. The first-order valence-electron chi connectivity index (χ1n) is 6.79. The Bertz CT molecular complexity index is 574. The highest BCUT2D eigenvalue weighted by Crippen LogP contribution is 2.19. The Labute approximate surface area is 125 Å². The Morgan fingerprint density at radius 1 is 1.29 bits per heavy atom. The van der Waals surface area contributed by atoms with E-state index in [1.807, 2.05) is 50.3 Å². The van der Waals surface area contributed by atoms with E-state index >= 15 is 0 Å². The first-order valence-corrected chi connectivity index (χ1v) is 6.79. The van der Waals surface area contributed by atoms with Crippen molar-refractivity contribution < 1.29 is 4.74 Å². The number of pyridine rings is 1. The molecule has 0 saturated heterocycles. The predicted octanol–water partition coefficient (Wildman–Crippen LogP) is 2.05. The van der Waals surface area contributed by atoms with Gasteiger partial charge in [0.2, 0.25) is 5.95 Å². The minimum atomic E-state index is -0.0890. The summed E-state index contributed by atoms with van der Waals surface area (Å²) in [7, 11) is 5.59. The molecule has 0 radical (unpaired) electrons. The van der Waals surface area contributed by atoms with Gasteiger partial charge in [0.1, 0.15) is 5.82 Å². The van der Waals surface area contributed by atoms with Gasteiger partial charge in [0.25, 0.3) is 0 Å². The number of nitrogens with one attached hydrogen (secondary N) is 1. The van der Waals surface area contributed by atoms with Crippen LogP contribution in [0.5, 0.6) is 0 Å². The van der Waals surface area contributed by atoms with Gasteiger partial charge in [-0.25, -0.2) is 4.98 Å². The van der Waals surface area contributed by atoms with Crippen molar-refractivity contribution in [2.75, 3.05) is 38.0 Å². The molecule has 2 heterocycles. The van der Waals surface area contributed by atoms with E-state index in [9.17, 15) is 0 Å². The van der Waals surface area contributed by atoms with Gasteiger partial charge in [0.05, 0.1) is 18.3 Å². The van der Waals surface area contributed by atoms with Crippen LogP contribution in [0.3, 0.4) is 0 Å². The molecule has 112 valence electrons. The maximum Gasteiger partial charge on any atom is 0.225 e. The third-order valence-electron chi connectivity index (χ3n) is 3.05. The van der Waals surface area contributed by atoms with Crippen LogP contribution in [-0.2, 0) is 4.74 Å². The van der Waals surface area contributed by atoms with Crippen molar-refractivity contribution >= 4 is 11.8 Å². The smallest absolute Gasteiger partial charge is 0.225 e. The van der Waals surface area contributed by atoms with Crippen LogP contribution in [0.15, 0.2) is 30.6 Å². The number of hydrogen-bond acceptors (Lipinski definition) is 6. The summed E-state index contributed by atoms with van der Waals surface area (Å²) < 4.78 is 5.26. The fourth-order valence-electron chi connectivity index (χ4n) is 2.06. The van der Waals surface area contributed by atoms with E-state index < -0.39 is 0 Å². The van der Waals surface area contributed by atoms with Crippen LogP contribution in [-0.4, -0.2) is 42.8 Å². The summed E-state index contributed by atoms with van der Waals surface area (Å²) in [5.41, 5.74) is 1.93. The molecule has 1 atom stereocenters. The first kappa shape index (κ1) is 15.2. The molecular formula is C15H21N5O. The molecule has 2 rings (SSSR count). The van der Waals surface area contributed by atoms with Gasteiger partial charge in [-0.2, -0.15) is 4.98 Å². The van der Waals surface area contributed by atoms with Gasteiger partial charge in [-0.05, 0) is 19.1 Å². The third-order valence-corrected chi connectivity index (χ3v) is 3.05. The van der Waals surface area contributed by atoms with Crippen LogP contribution in [0.1, 0.15) is 17.3 Å². The van der Waals surface area contributed by atoms with E-state index in [0.29, 0.717) is 12.6 Å². The van der Waals surface area contributed by atoms with Crippen molar-refractivity contribution in [2.24, 2.45) is 0 Å². The molecule has 0 aliphatic rings. The molecule has 21 heavy (non-hydrogen) atoms. The average molecular weight is 287 g/mol. The van der Waals surface area contributed by atoms with E-state index in [2.05, 4.69) is 20.3 Å². The molecule has 1 N–H and O–H groups in total. The van der Waals surface area contributed by atoms with E-state index in [-0.39, 0.29) is 6.04 Å². The quantitative estimate of drug-likeness (QED) is 0.877. The number of anilines is 2. The summed E-state index contributed by atoms with van der Waals surface area (Å²) in [6.45, 7) is 2.48. The normalized spacial score (nSPS) is 12.0. The highest BCUT2D eigenvalue weighted by Gasteiger charge is 2.15. The molecule has 0 saturated carbocycles. The maximum atomic E-state index is 5.26. The number of methoxy groups -OCH3 is 1. The highest BCUT2D eigenvalue weighted by molar-refractivity contribution is 5.48. The second-order valence-corrected chi connectivity index (χ2v) is 5.00. The minimum Gasteiger partial charge on any atom is -0.382 e. The van der Waals surface area contributed by atoms with Gasteiger partial charge in [-0.15, -0.1) is 0 Å². The minimum absolute atomic E-state index is 0.0890. The Morgan fingerprint density at radius 3 is 2.71 bits per heavy atom. The molecule has 2 aromatic heterocycles. The summed E-state index contributed by atoms with van der Waals surface area (Å²) in [5.74, 6) is 1.46. The molecule has 6 heteroatoms. The molecular weight excluding hydrogens is 266 g/mol. The van der Waals surface area contributed by atoms with Gasteiger partial charge >= 0.3 is 0 Å². The third kappa shape index (κ3) is 3.88. The molecule has 0 amide bonds. The Hall–Kier alpha value is -2.21. The van der Waals surface area contributed by atoms with Gasteiger partial charge in [0, 0.05) is 39.2 Å². The standard InChI is InChI=1S/C15H21N5O/c1-11-9-17-15(19-14(11)20(2)3)18-13(10-21-4)12-7-5-6-8-16-12/h5-9,13H,10H2,1-4H3,(H,17,18,19)/t13-/m1/s1. The summed E-state index contributed by atoms with van der Waals surface area (Å²) >= 11 is 0. The van der Waals surface area contributed by atoms with Gasteiger partial charge in [-0.1, -0.05) is 6.07 Å². The lowest BCUT2D eigenvalue weighted by Crippen LogP contribution is -2.20. The lowest BCUT2D eigenvalue weighted by atomic mass is 10.2. The summed E-state index contributed by atoms with van der Waals surface area (Å²) in [4.78, 5) is 15.2. The summed E-state index contributed by atoms with van der Waals surface area (Å²) in [5, 5.41) is 3.28. The molecule has 0 unspecified atom stereocenters. The molecule has 0 aliphatic heterocycles. The van der Waals surface area contributed by atoms with E-state index in [1.54, 1.807) is 13.3 Å². The Kier molecular flexibility index (Phi) is 5.05. The van der Waals surface area contributed by atoms with E-state index in [0.717, 1.165) is 17.1 Å². The van der Waals surface area contributed by atoms with Crippen LogP contribution in [0.25, 0.3) is 0 Å². The molecule has 0 fully saturated rings. The second kappa shape index (κ2) is 6.99. The second-order valence-electron chi connectivity index (χ2n) is 5.00. The lowest BCUT2D eigenvalue weighted by molar-refractivity contribution is 0.185. The Balaban J connectivity index is 2.23. The number of aromatic nitrogens is 3. The Morgan fingerprint density at radius 2 is 2.10 bits per heavy atom. The number of hydrogen-bond donors (Lipinski definition) is 1. The van der Waals surface area contributed by atoms with Gasteiger partial charge in [0.15, 0.2) is 0 Å².